The Morgan fingerprint density at radius 1 is 1.03 bits per heavy atom. The van der Waals surface area contributed by atoms with Crippen LogP contribution in [0.2, 0.25) is 5.04 Å². The first-order valence-corrected chi connectivity index (χ1v) is 13.9. The molecule has 0 spiro atoms. The summed E-state index contributed by atoms with van der Waals surface area (Å²) >= 11 is 0. The van der Waals surface area contributed by atoms with E-state index in [1.165, 1.54) is 10.4 Å². The molecule has 1 heterocycles. The average molecular weight is 485 g/mol. The van der Waals surface area contributed by atoms with Gasteiger partial charge in [0.1, 0.15) is 18.3 Å². The Morgan fingerprint density at radius 3 is 2.00 bits per heavy atom. The van der Waals surface area contributed by atoms with E-state index in [0.717, 1.165) is 0 Å². The number of methoxy groups -OCH3 is 1. The quantitative estimate of drug-likeness (QED) is 0.408. The minimum Gasteiger partial charge on any atom is -0.405 e. The third-order valence-electron chi connectivity index (χ3n) is 6.49. The highest BCUT2D eigenvalue weighted by Crippen LogP contribution is 2.39. The first kappa shape index (κ1) is 26.8. The van der Waals surface area contributed by atoms with Gasteiger partial charge in [0.05, 0.1) is 12.7 Å². The number of rotatable bonds is 10. The molecule has 0 unspecified atom stereocenters. The van der Waals surface area contributed by atoms with Crippen LogP contribution in [0.5, 0.6) is 0 Å². The number of ether oxygens (including phenoxy) is 3. The third-order valence-corrected chi connectivity index (χ3v) is 11.5. The maximum Gasteiger partial charge on any atom is 0.261 e. The molecule has 2 aromatic rings. The summed E-state index contributed by atoms with van der Waals surface area (Å²) in [7, 11) is -1.15. The molecule has 1 fully saturated rings. The first-order valence-electron chi connectivity index (χ1n) is 12.0. The summed E-state index contributed by atoms with van der Waals surface area (Å²) in [5, 5.41) is 13.0. The Morgan fingerprint density at radius 2 is 1.56 bits per heavy atom. The van der Waals surface area contributed by atoms with E-state index < -0.39 is 38.5 Å². The standard InChI is InChI=1S/C28H40O5Si/c1-8-15-23(29)25(30-7)26-24(32-28(5,6)33-26)20-31-34(27(2,3)4,21-16-11-9-12-17-21)22-18-13-10-14-19-22/h8-14,16-19,23-26,29H,1,15,20H2,2-7H3/t23-,24-,25-,26-/m0/s1. The molecule has 0 saturated carbocycles. The maximum absolute atomic E-state index is 10.7. The monoisotopic (exact) mass is 484 g/mol. The first-order chi connectivity index (χ1) is 16.1. The molecule has 186 valence electrons. The van der Waals surface area contributed by atoms with Crippen LogP contribution in [0.25, 0.3) is 0 Å². The SMILES string of the molecule is C=CC[C@H](O)[C@H](OC)[C@H]1OC(C)(C)O[C@H]1CO[Si](c1ccccc1)(c1ccccc1)C(C)(C)C. The summed E-state index contributed by atoms with van der Waals surface area (Å²) < 4.78 is 25.3. The number of hydrogen-bond acceptors (Lipinski definition) is 5. The van der Waals surface area contributed by atoms with Gasteiger partial charge in [0.25, 0.3) is 8.32 Å². The Labute approximate surface area is 205 Å². The second kappa shape index (κ2) is 10.9. The Hall–Kier alpha value is -1.80. The van der Waals surface area contributed by atoms with Crippen LogP contribution in [0, 0.1) is 0 Å². The van der Waals surface area contributed by atoms with Gasteiger partial charge in [0, 0.05) is 7.11 Å². The highest BCUT2D eigenvalue weighted by atomic mass is 28.4. The lowest BCUT2D eigenvalue weighted by atomic mass is 10.0. The minimum absolute atomic E-state index is 0.150. The highest BCUT2D eigenvalue weighted by Gasteiger charge is 2.53. The van der Waals surface area contributed by atoms with E-state index in [1.807, 2.05) is 26.0 Å². The van der Waals surface area contributed by atoms with Crippen molar-refractivity contribution in [3.05, 3.63) is 73.3 Å². The summed E-state index contributed by atoms with van der Waals surface area (Å²) in [5.74, 6) is -0.811. The lowest BCUT2D eigenvalue weighted by Crippen LogP contribution is -2.67. The van der Waals surface area contributed by atoms with Crippen LogP contribution < -0.4 is 10.4 Å². The van der Waals surface area contributed by atoms with E-state index in [4.69, 9.17) is 18.6 Å². The van der Waals surface area contributed by atoms with E-state index in [9.17, 15) is 5.11 Å². The normalized spacial score (nSPS) is 22.3. The Bertz CT molecular complexity index is 870. The molecule has 4 atom stereocenters. The minimum atomic E-state index is -2.74. The van der Waals surface area contributed by atoms with Gasteiger partial charge < -0.3 is 23.7 Å². The van der Waals surface area contributed by atoms with Crippen LogP contribution in [0.4, 0.5) is 0 Å². The number of hydrogen-bond donors (Lipinski definition) is 1. The third kappa shape index (κ3) is 5.53. The fourth-order valence-electron chi connectivity index (χ4n) is 5.05. The van der Waals surface area contributed by atoms with Crippen molar-refractivity contribution in [2.45, 2.75) is 76.3 Å². The Kier molecular flexibility index (Phi) is 8.55. The molecule has 5 nitrogen and oxygen atoms in total. The molecule has 3 rings (SSSR count). The lowest BCUT2D eigenvalue weighted by Gasteiger charge is -2.43. The molecule has 0 bridgehead atoms. The van der Waals surface area contributed by atoms with Crippen LogP contribution in [0.15, 0.2) is 73.3 Å². The lowest BCUT2D eigenvalue weighted by molar-refractivity contribution is -0.166. The molecule has 1 aliphatic rings. The maximum atomic E-state index is 10.7. The summed E-state index contributed by atoms with van der Waals surface area (Å²) in [6.07, 6.45) is -0.103. The van der Waals surface area contributed by atoms with Gasteiger partial charge >= 0.3 is 0 Å². The van der Waals surface area contributed by atoms with Crippen molar-refractivity contribution >= 4 is 18.7 Å². The number of benzene rings is 2. The van der Waals surface area contributed by atoms with E-state index in [2.05, 4.69) is 75.9 Å². The topological polar surface area (TPSA) is 57.2 Å². The van der Waals surface area contributed by atoms with Crippen molar-refractivity contribution in [2.24, 2.45) is 0 Å². The highest BCUT2D eigenvalue weighted by molar-refractivity contribution is 6.99. The molecule has 0 aromatic heterocycles. The van der Waals surface area contributed by atoms with Crippen LogP contribution in [-0.2, 0) is 18.6 Å². The van der Waals surface area contributed by atoms with E-state index in [-0.39, 0.29) is 5.04 Å². The van der Waals surface area contributed by atoms with E-state index >= 15 is 0 Å². The zero-order valence-corrected chi connectivity index (χ0v) is 22.4. The smallest absolute Gasteiger partial charge is 0.261 e. The molecule has 0 amide bonds. The summed E-state index contributed by atoms with van der Waals surface area (Å²) in [6, 6.07) is 21.0. The predicted molar refractivity (Wildman–Crippen MR) is 139 cm³/mol. The number of aliphatic hydroxyl groups is 1. The molecule has 0 radical (unpaired) electrons. The van der Waals surface area contributed by atoms with Gasteiger partial charge in [-0.1, -0.05) is 87.5 Å². The van der Waals surface area contributed by atoms with E-state index in [1.54, 1.807) is 13.2 Å². The largest absolute Gasteiger partial charge is 0.405 e. The second-order valence-electron chi connectivity index (χ2n) is 10.4. The van der Waals surface area contributed by atoms with Gasteiger partial charge in [-0.2, -0.15) is 0 Å². The summed E-state index contributed by atoms with van der Waals surface area (Å²) in [5.41, 5.74) is 0. The average Bonchev–Trinajstić information content (AvgIpc) is 3.09. The molecule has 2 aromatic carbocycles. The summed E-state index contributed by atoms with van der Waals surface area (Å²) in [6.45, 7) is 14.6. The zero-order valence-electron chi connectivity index (χ0n) is 21.4. The van der Waals surface area contributed by atoms with Crippen LogP contribution in [0.3, 0.4) is 0 Å². The summed E-state index contributed by atoms with van der Waals surface area (Å²) in [4.78, 5) is 0. The molecule has 6 heteroatoms. The van der Waals surface area contributed by atoms with Crippen molar-refractivity contribution in [1.82, 2.24) is 0 Å². The fraction of sp³-hybridized carbons (Fsp3) is 0.500. The van der Waals surface area contributed by atoms with Gasteiger partial charge in [0.15, 0.2) is 5.79 Å². The number of aliphatic hydroxyl groups excluding tert-OH is 1. The van der Waals surface area contributed by atoms with Crippen molar-refractivity contribution in [3.8, 4) is 0 Å². The van der Waals surface area contributed by atoms with Crippen LogP contribution >= 0.6 is 0 Å². The van der Waals surface area contributed by atoms with Gasteiger partial charge in [0.2, 0.25) is 0 Å². The van der Waals surface area contributed by atoms with Crippen molar-refractivity contribution in [2.75, 3.05) is 13.7 Å². The molecule has 34 heavy (non-hydrogen) atoms. The van der Waals surface area contributed by atoms with Gasteiger partial charge in [-0.25, -0.2) is 0 Å². The molecule has 1 saturated heterocycles. The molecule has 0 aliphatic carbocycles. The van der Waals surface area contributed by atoms with Crippen LogP contribution in [0.1, 0.15) is 41.0 Å². The molecule has 1 N–H and O–H groups in total. The van der Waals surface area contributed by atoms with Crippen LogP contribution in [-0.4, -0.2) is 57.3 Å². The molecule has 1 aliphatic heterocycles. The van der Waals surface area contributed by atoms with E-state index in [0.29, 0.717) is 13.0 Å². The van der Waals surface area contributed by atoms with Crippen molar-refractivity contribution in [1.29, 1.82) is 0 Å². The van der Waals surface area contributed by atoms with Gasteiger partial charge in [-0.3, -0.25) is 0 Å². The van der Waals surface area contributed by atoms with Crippen molar-refractivity contribution in [3.63, 3.8) is 0 Å². The van der Waals surface area contributed by atoms with Crippen molar-refractivity contribution < 1.29 is 23.7 Å². The molecular formula is C28H40O5Si. The Balaban J connectivity index is 2.01. The molecular weight excluding hydrogens is 444 g/mol. The van der Waals surface area contributed by atoms with Gasteiger partial charge in [-0.05, 0) is 35.7 Å². The second-order valence-corrected chi connectivity index (χ2v) is 14.7. The zero-order chi connectivity index (χ0) is 25.0. The predicted octanol–water partition coefficient (Wildman–Crippen LogP) is 4.04. The fourth-order valence-corrected chi connectivity index (χ4v) is 9.62. The van der Waals surface area contributed by atoms with Gasteiger partial charge in [-0.15, -0.1) is 6.58 Å².